The fraction of sp³-hybridized carbons (Fsp3) is 0.471. The Hall–Kier alpha value is -2.17. The lowest BCUT2D eigenvalue weighted by Crippen LogP contribution is -2.23. The molecule has 0 saturated heterocycles. The Bertz CT molecular complexity index is 581. The summed E-state index contributed by atoms with van der Waals surface area (Å²) in [5.41, 5.74) is 1.29. The molecule has 0 radical (unpaired) electrons. The van der Waals surface area contributed by atoms with Crippen molar-refractivity contribution in [3.8, 4) is 0 Å². The maximum absolute atomic E-state index is 4.64. The average molecular weight is 297 g/mol. The van der Waals surface area contributed by atoms with Crippen LogP contribution in [0.3, 0.4) is 0 Å². The zero-order valence-electron chi connectivity index (χ0n) is 13.1. The maximum atomic E-state index is 4.64. The second kappa shape index (κ2) is 7.20. The van der Waals surface area contributed by atoms with Crippen LogP contribution in [0.25, 0.3) is 0 Å². The van der Waals surface area contributed by atoms with Gasteiger partial charge in [0.15, 0.2) is 0 Å². The lowest BCUT2D eigenvalue weighted by molar-refractivity contribution is 0.742. The second-order valence-electron chi connectivity index (χ2n) is 5.89. The quantitative estimate of drug-likeness (QED) is 0.888. The Balaban J connectivity index is 1.58. The molecule has 1 aliphatic rings. The van der Waals surface area contributed by atoms with Crippen molar-refractivity contribution in [1.29, 1.82) is 0 Å². The van der Waals surface area contributed by atoms with Crippen molar-refractivity contribution in [3.63, 3.8) is 0 Å². The summed E-state index contributed by atoms with van der Waals surface area (Å²) in [4.78, 5) is 15.2. The summed E-state index contributed by atoms with van der Waals surface area (Å²) >= 11 is 0. The Morgan fingerprint density at radius 2 is 1.91 bits per heavy atom. The summed E-state index contributed by atoms with van der Waals surface area (Å²) in [5, 5.41) is 3.45. The van der Waals surface area contributed by atoms with E-state index >= 15 is 0 Å². The Morgan fingerprint density at radius 3 is 2.68 bits per heavy atom. The molecule has 116 valence electrons. The van der Waals surface area contributed by atoms with Gasteiger partial charge in [0.25, 0.3) is 0 Å². The van der Waals surface area contributed by atoms with E-state index in [1.165, 1.54) is 31.2 Å². The van der Waals surface area contributed by atoms with Gasteiger partial charge in [-0.05, 0) is 43.0 Å². The summed E-state index contributed by atoms with van der Waals surface area (Å²) in [7, 11) is 2.07. The van der Waals surface area contributed by atoms with Crippen molar-refractivity contribution in [1.82, 2.24) is 15.0 Å². The third-order valence-corrected chi connectivity index (χ3v) is 4.21. The molecular formula is C17H23N5. The van der Waals surface area contributed by atoms with E-state index in [9.17, 15) is 0 Å². The summed E-state index contributed by atoms with van der Waals surface area (Å²) in [6.07, 6.45) is 11.6. The summed E-state index contributed by atoms with van der Waals surface area (Å²) in [6.45, 7) is 0.921. The first-order chi connectivity index (χ1) is 10.8. The molecule has 0 aromatic carbocycles. The van der Waals surface area contributed by atoms with Gasteiger partial charge in [0.2, 0.25) is 5.95 Å². The van der Waals surface area contributed by atoms with E-state index in [1.54, 1.807) is 0 Å². The minimum atomic E-state index is 0.539. The van der Waals surface area contributed by atoms with E-state index in [2.05, 4.69) is 44.3 Å². The molecule has 3 rings (SSSR count). The highest BCUT2D eigenvalue weighted by atomic mass is 15.2. The van der Waals surface area contributed by atoms with Crippen LogP contribution in [0.2, 0.25) is 0 Å². The van der Waals surface area contributed by atoms with Crippen molar-refractivity contribution in [3.05, 3.63) is 42.4 Å². The van der Waals surface area contributed by atoms with Crippen LogP contribution in [0.4, 0.5) is 11.8 Å². The summed E-state index contributed by atoms with van der Waals surface area (Å²) in [6, 6.07) is 6.62. The van der Waals surface area contributed by atoms with E-state index in [0.717, 1.165) is 24.7 Å². The topological polar surface area (TPSA) is 53.9 Å². The third kappa shape index (κ3) is 3.93. The number of hydrogen-bond acceptors (Lipinski definition) is 5. The van der Waals surface area contributed by atoms with Crippen molar-refractivity contribution < 1.29 is 0 Å². The fourth-order valence-electron chi connectivity index (χ4n) is 2.84. The zero-order chi connectivity index (χ0) is 15.2. The van der Waals surface area contributed by atoms with Gasteiger partial charge in [0.1, 0.15) is 5.82 Å². The molecule has 0 spiro atoms. The lowest BCUT2D eigenvalue weighted by Gasteiger charge is -2.19. The smallest absolute Gasteiger partial charge is 0.224 e. The molecule has 2 heterocycles. The molecule has 1 aliphatic carbocycles. The van der Waals surface area contributed by atoms with Crippen LogP contribution >= 0.6 is 0 Å². The number of aromatic nitrogens is 3. The first kappa shape index (κ1) is 14.8. The highest BCUT2D eigenvalue weighted by Crippen LogP contribution is 2.21. The van der Waals surface area contributed by atoms with Crippen LogP contribution in [0.5, 0.6) is 0 Å². The molecular weight excluding hydrogens is 274 g/mol. The summed E-state index contributed by atoms with van der Waals surface area (Å²) in [5.74, 6) is 1.71. The van der Waals surface area contributed by atoms with E-state index in [1.807, 2.05) is 24.7 Å². The van der Waals surface area contributed by atoms with Gasteiger partial charge in [-0.25, -0.2) is 4.98 Å². The monoisotopic (exact) mass is 297 g/mol. The first-order valence-electron chi connectivity index (χ1n) is 8.01. The van der Waals surface area contributed by atoms with Crippen LogP contribution in [0, 0.1) is 0 Å². The van der Waals surface area contributed by atoms with Gasteiger partial charge in [-0.15, -0.1) is 0 Å². The average Bonchev–Trinajstić information content (AvgIpc) is 3.07. The number of likely N-dealkylation sites (N-methyl/N-ethyl adjacent to an activating group) is 1. The van der Waals surface area contributed by atoms with Gasteiger partial charge < -0.3 is 10.2 Å². The van der Waals surface area contributed by atoms with E-state index in [-0.39, 0.29) is 0 Å². The molecule has 5 nitrogen and oxygen atoms in total. The third-order valence-electron chi connectivity index (χ3n) is 4.21. The number of nitrogens with zero attached hydrogens (tertiary/aromatic N) is 4. The minimum Gasteiger partial charge on any atom is -0.359 e. The molecule has 0 amide bonds. The Kier molecular flexibility index (Phi) is 4.83. The molecule has 22 heavy (non-hydrogen) atoms. The highest BCUT2D eigenvalue weighted by Gasteiger charge is 2.15. The van der Waals surface area contributed by atoms with Gasteiger partial charge in [-0.1, -0.05) is 12.8 Å². The van der Waals surface area contributed by atoms with Gasteiger partial charge >= 0.3 is 0 Å². The predicted molar refractivity (Wildman–Crippen MR) is 89.1 cm³/mol. The molecule has 1 saturated carbocycles. The predicted octanol–water partition coefficient (Wildman–Crippen LogP) is 2.91. The SMILES string of the molecule is CN(CCc1ccncc1)c1ccnc(NC2CCCC2)n1. The van der Waals surface area contributed by atoms with Crippen molar-refractivity contribution >= 4 is 11.8 Å². The molecule has 2 aromatic rings. The van der Waals surface area contributed by atoms with Gasteiger partial charge in [0, 0.05) is 38.2 Å². The first-order valence-corrected chi connectivity index (χ1v) is 8.01. The molecule has 0 atom stereocenters. The number of anilines is 2. The maximum Gasteiger partial charge on any atom is 0.224 e. The van der Waals surface area contributed by atoms with Crippen LogP contribution < -0.4 is 10.2 Å². The van der Waals surface area contributed by atoms with E-state index in [4.69, 9.17) is 0 Å². The number of nitrogens with one attached hydrogen (secondary N) is 1. The minimum absolute atomic E-state index is 0.539. The van der Waals surface area contributed by atoms with E-state index in [0.29, 0.717) is 6.04 Å². The zero-order valence-corrected chi connectivity index (χ0v) is 13.1. The second-order valence-corrected chi connectivity index (χ2v) is 5.89. The summed E-state index contributed by atoms with van der Waals surface area (Å²) < 4.78 is 0. The number of rotatable bonds is 6. The van der Waals surface area contributed by atoms with Gasteiger partial charge in [-0.3, -0.25) is 4.98 Å². The van der Waals surface area contributed by atoms with Crippen molar-refractivity contribution in [2.45, 2.75) is 38.1 Å². The molecule has 0 unspecified atom stereocenters. The lowest BCUT2D eigenvalue weighted by atomic mass is 10.2. The van der Waals surface area contributed by atoms with Gasteiger partial charge in [-0.2, -0.15) is 4.98 Å². The Morgan fingerprint density at radius 1 is 1.14 bits per heavy atom. The van der Waals surface area contributed by atoms with Crippen molar-refractivity contribution in [2.75, 3.05) is 23.8 Å². The normalized spacial score (nSPS) is 15.0. The van der Waals surface area contributed by atoms with Crippen LogP contribution in [-0.2, 0) is 6.42 Å². The van der Waals surface area contributed by atoms with Crippen molar-refractivity contribution in [2.24, 2.45) is 0 Å². The highest BCUT2D eigenvalue weighted by molar-refractivity contribution is 5.42. The van der Waals surface area contributed by atoms with E-state index < -0.39 is 0 Å². The number of pyridine rings is 1. The molecule has 2 aromatic heterocycles. The molecule has 0 aliphatic heterocycles. The molecule has 1 fully saturated rings. The molecule has 1 N–H and O–H groups in total. The molecule has 0 bridgehead atoms. The fourth-order valence-corrected chi connectivity index (χ4v) is 2.84. The standard InChI is InChI=1S/C17H23N5/c1-22(13-9-14-6-10-18-11-7-14)16-8-12-19-17(21-16)20-15-4-2-3-5-15/h6-8,10-12,15H,2-5,9,13H2,1H3,(H,19,20,21). The van der Waals surface area contributed by atoms with Crippen LogP contribution in [-0.4, -0.2) is 34.6 Å². The van der Waals surface area contributed by atoms with Crippen LogP contribution in [0.1, 0.15) is 31.2 Å². The van der Waals surface area contributed by atoms with Gasteiger partial charge in [0.05, 0.1) is 0 Å². The van der Waals surface area contributed by atoms with Crippen LogP contribution in [0.15, 0.2) is 36.8 Å². The Labute approximate surface area is 131 Å². The number of hydrogen-bond donors (Lipinski definition) is 1. The molecule has 5 heteroatoms. The largest absolute Gasteiger partial charge is 0.359 e.